The second-order valence-electron chi connectivity index (χ2n) is 6.25. The number of halogens is 1. The molecule has 2 N–H and O–H groups in total. The Bertz CT molecular complexity index is 505. The Balaban J connectivity index is 2.80. The minimum atomic E-state index is 0.0458. The highest BCUT2D eigenvalue weighted by Crippen LogP contribution is 2.25. The smallest absolute Gasteiger partial charge is 0.279 e. The van der Waals surface area contributed by atoms with Gasteiger partial charge in [0, 0.05) is 11.0 Å². The van der Waals surface area contributed by atoms with Crippen LogP contribution in [-0.4, -0.2) is 47.0 Å². The highest BCUT2D eigenvalue weighted by Gasteiger charge is 2.26. The number of anilines is 1. The summed E-state index contributed by atoms with van der Waals surface area (Å²) >= 11 is 3.47. The molecule has 0 atom stereocenters. The topological polar surface area (TPSA) is 49.3 Å². The predicted molar refractivity (Wildman–Crippen MR) is 100 cm³/mol. The Hall–Kier alpha value is -1.07. The number of alkyl halides is 1. The monoisotopic (exact) mass is 385 g/mol. The number of hydrogen-bond acceptors (Lipinski definition) is 2. The number of hydrogen-bond donors (Lipinski definition) is 2. The van der Waals surface area contributed by atoms with Crippen LogP contribution in [0, 0.1) is 13.8 Å². The Morgan fingerprint density at radius 3 is 2.22 bits per heavy atom. The normalized spacial score (nSPS) is 11.5. The van der Waals surface area contributed by atoms with Crippen molar-refractivity contribution in [3.8, 4) is 5.75 Å². The summed E-state index contributed by atoms with van der Waals surface area (Å²) in [7, 11) is 0. The summed E-state index contributed by atoms with van der Waals surface area (Å²) in [4.78, 5) is 12.6. The van der Waals surface area contributed by atoms with Crippen LogP contribution in [0.25, 0.3) is 0 Å². The van der Waals surface area contributed by atoms with Crippen LogP contribution >= 0.6 is 15.9 Å². The number of phenols is 1. The molecule has 0 fully saturated rings. The molecule has 0 radical (unpaired) electrons. The third kappa shape index (κ3) is 5.81. The Morgan fingerprint density at radius 1 is 1.17 bits per heavy atom. The Morgan fingerprint density at radius 2 is 1.74 bits per heavy atom. The lowest BCUT2D eigenvalue weighted by atomic mass is 10.1. The predicted octanol–water partition coefficient (Wildman–Crippen LogP) is 3.98. The van der Waals surface area contributed by atoms with Gasteiger partial charge in [0.2, 0.25) is 0 Å². The number of carbonyl (C=O) groups is 1. The van der Waals surface area contributed by atoms with E-state index in [4.69, 9.17) is 0 Å². The lowest BCUT2D eigenvalue weighted by molar-refractivity contribution is -0.917. The molecule has 0 saturated carbocycles. The fourth-order valence-corrected chi connectivity index (χ4v) is 3.40. The van der Waals surface area contributed by atoms with Crippen LogP contribution in [0.3, 0.4) is 0 Å². The maximum atomic E-state index is 12.6. The van der Waals surface area contributed by atoms with E-state index in [1.807, 2.05) is 13.8 Å². The summed E-state index contributed by atoms with van der Waals surface area (Å²) in [6.45, 7) is 11.6. The molecule has 0 aliphatic rings. The number of aryl methyl sites for hydroxylation is 2. The highest BCUT2D eigenvalue weighted by atomic mass is 79.9. The minimum Gasteiger partial charge on any atom is -0.508 e. The van der Waals surface area contributed by atoms with Crippen LogP contribution in [0.5, 0.6) is 5.75 Å². The number of nitrogens with one attached hydrogen (secondary N) is 1. The molecular weight excluding hydrogens is 356 g/mol. The summed E-state index contributed by atoms with van der Waals surface area (Å²) in [6, 6.07) is 3.36. The number of quaternary nitrogens is 1. The van der Waals surface area contributed by atoms with Gasteiger partial charge in [0.15, 0.2) is 6.54 Å². The van der Waals surface area contributed by atoms with E-state index in [1.54, 1.807) is 12.1 Å². The molecule has 1 rings (SSSR count). The maximum absolute atomic E-state index is 12.6. The number of carbonyl (C=O) groups excluding carboxylic acids is 1. The molecule has 0 saturated heterocycles. The zero-order valence-corrected chi connectivity index (χ0v) is 16.4. The fraction of sp³-hybridized carbons (Fsp3) is 0.611. The van der Waals surface area contributed by atoms with E-state index in [9.17, 15) is 9.90 Å². The third-order valence-corrected chi connectivity index (χ3v) is 5.18. The lowest BCUT2D eigenvalue weighted by Crippen LogP contribution is -2.52. The summed E-state index contributed by atoms with van der Waals surface area (Å²) in [5.41, 5.74) is 2.60. The van der Waals surface area contributed by atoms with Gasteiger partial charge in [0.1, 0.15) is 5.75 Å². The molecule has 0 unspecified atom stereocenters. The SMILES string of the molecule is CC[N+](CC)(CCCCBr)CC(=O)Nc1c(C)cc(O)cc1C. The molecule has 0 aromatic heterocycles. The summed E-state index contributed by atoms with van der Waals surface area (Å²) in [5, 5.41) is 13.7. The van der Waals surface area contributed by atoms with Crippen molar-refractivity contribution < 1.29 is 14.4 Å². The molecule has 4 nitrogen and oxygen atoms in total. The number of amides is 1. The number of unbranched alkanes of at least 4 members (excludes halogenated alkanes) is 1. The van der Waals surface area contributed by atoms with Gasteiger partial charge >= 0.3 is 0 Å². The van der Waals surface area contributed by atoms with Crippen molar-refractivity contribution in [3.05, 3.63) is 23.3 Å². The van der Waals surface area contributed by atoms with Crippen LogP contribution in [0.2, 0.25) is 0 Å². The van der Waals surface area contributed by atoms with Crippen LogP contribution in [-0.2, 0) is 4.79 Å². The van der Waals surface area contributed by atoms with Crippen LogP contribution in [0.4, 0.5) is 5.69 Å². The maximum Gasteiger partial charge on any atom is 0.279 e. The molecule has 5 heteroatoms. The second-order valence-corrected chi connectivity index (χ2v) is 7.05. The largest absolute Gasteiger partial charge is 0.508 e. The van der Waals surface area contributed by atoms with Gasteiger partial charge in [-0.2, -0.15) is 0 Å². The molecule has 1 amide bonds. The van der Waals surface area contributed by atoms with Gasteiger partial charge in [0.05, 0.1) is 19.6 Å². The molecule has 0 heterocycles. The summed E-state index contributed by atoms with van der Waals surface area (Å²) < 4.78 is 0.814. The van der Waals surface area contributed by atoms with Crippen molar-refractivity contribution in [3.63, 3.8) is 0 Å². The summed E-state index contributed by atoms with van der Waals surface area (Å²) in [5.74, 6) is 0.282. The van der Waals surface area contributed by atoms with E-state index in [-0.39, 0.29) is 11.7 Å². The van der Waals surface area contributed by atoms with Crippen molar-refractivity contribution >= 4 is 27.5 Å². The Kier molecular flexibility index (Phi) is 8.06. The number of likely N-dealkylation sites (N-methyl/N-ethyl adjacent to an activating group) is 1. The quantitative estimate of drug-likeness (QED) is 0.292. The van der Waals surface area contributed by atoms with Gasteiger partial charge in [-0.1, -0.05) is 15.9 Å². The van der Waals surface area contributed by atoms with E-state index < -0.39 is 0 Å². The minimum absolute atomic E-state index is 0.0458. The van der Waals surface area contributed by atoms with Crippen molar-refractivity contribution in [2.24, 2.45) is 0 Å². The molecule has 1 aromatic rings. The fourth-order valence-electron chi connectivity index (χ4n) is 3.01. The van der Waals surface area contributed by atoms with Crippen LogP contribution in [0.15, 0.2) is 12.1 Å². The number of nitrogens with zero attached hydrogens (tertiary/aromatic N) is 1. The first kappa shape index (κ1) is 20.0. The van der Waals surface area contributed by atoms with Crippen molar-refractivity contribution in [2.75, 3.05) is 36.8 Å². The molecule has 0 aliphatic carbocycles. The van der Waals surface area contributed by atoms with Gasteiger partial charge in [-0.15, -0.1) is 0 Å². The lowest BCUT2D eigenvalue weighted by Gasteiger charge is -2.36. The number of benzene rings is 1. The third-order valence-electron chi connectivity index (χ3n) is 4.62. The zero-order valence-electron chi connectivity index (χ0n) is 14.8. The summed E-state index contributed by atoms with van der Waals surface area (Å²) in [6.07, 6.45) is 2.26. The average Bonchev–Trinajstić information content (AvgIpc) is 2.50. The number of aromatic hydroxyl groups is 1. The zero-order chi connectivity index (χ0) is 17.5. The van der Waals surface area contributed by atoms with E-state index in [2.05, 4.69) is 35.1 Å². The van der Waals surface area contributed by atoms with Gasteiger partial charge in [-0.05, 0) is 63.8 Å². The molecule has 130 valence electrons. The second kappa shape index (κ2) is 9.28. The van der Waals surface area contributed by atoms with E-state index in [0.29, 0.717) is 6.54 Å². The van der Waals surface area contributed by atoms with Crippen LogP contribution in [0.1, 0.15) is 37.8 Å². The average molecular weight is 386 g/mol. The molecular formula is C18H30BrN2O2+. The standard InChI is InChI=1S/C18H29BrN2O2/c1-5-21(6-2,10-8-7-9-19)13-17(23)20-18-14(3)11-16(22)12-15(18)4/h11-12H,5-10,13H2,1-4H3,(H-,20,22,23)/p+1. The highest BCUT2D eigenvalue weighted by molar-refractivity contribution is 9.09. The van der Waals surface area contributed by atoms with Gasteiger partial charge in [-0.25, -0.2) is 0 Å². The molecule has 0 bridgehead atoms. The van der Waals surface area contributed by atoms with Gasteiger partial charge in [0.25, 0.3) is 5.91 Å². The molecule has 0 spiro atoms. The van der Waals surface area contributed by atoms with E-state index >= 15 is 0 Å². The number of rotatable bonds is 9. The van der Waals surface area contributed by atoms with Crippen molar-refractivity contribution in [1.82, 2.24) is 0 Å². The van der Waals surface area contributed by atoms with Gasteiger partial charge in [-0.3, -0.25) is 4.79 Å². The molecule has 0 aliphatic heterocycles. The van der Waals surface area contributed by atoms with Crippen LogP contribution < -0.4 is 5.32 Å². The van der Waals surface area contributed by atoms with Gasteiger partial charge < -0.3 is 14.9 Å². The van der Waals surface area contributed by atoms with E-state index in [0.717, 1.165) is 59.1 Å². The first-order valence-corrected chi connectivity index (χ1v) is 9.50. The Labute approximate surface area is 148 Å². The van der Waals surface area contributed by atoms with Crippen molar-refractivity contribution in [1.29, 1.82) is 0 Å². The number of phenolic OH excluding ortho intramolecular Hbond substituents is 1. The molecule has 23 heavy (non-hydrogen) atoms. The molecule has 1 aromatic carbocycles. The van der Waals surface area contributed by atoms with E-state index in [1.165, 1.54) is 0 Å². The van der Waals surface area contributed by atoms with Crippen molar-refractivity contribution in [2.45, 2.75) is 40.5 Å². The first-order chi connectivity index (χ1) is 10.9. The first-order valence-electron chi connectivity index (χ1n) is 8.38.